The fourth-order valence-corrected chi connectivity index (χ4v) is 3.21. The van der Waals surface area contributed by atoms with E-state index >= 15 is 0 Å². The molecule has 0 radical (unpaired) electrons. The Balaban J connectivity index is 1.91. The molecule has 0 aliphatic carbocycles. The lowest BCUT2D eigenvalue weighted by Gasteiger charge is -2.09. The highest BCUT2D eigenvalue weighted by Gasteiger charge is 2.09. The molecule has 3 aromatic carbocycles. The summed E-state index contributed by atoms with van der Waals surface area (Å²) in [6.45, 7) is 4.00. The second kappa shape index (κ2) is 10.5. The number of alkyl halides is 1. The van der Waals surface area contributed by atoms with Crippen molar-refractivity contribution in [3.63, 3.8) is 0 Å². The Morgan fingerprint density at radius 2 is 1.52 bits per heavy atom. The van der Waals surface area contributed by atoms with E-state index in [-0.39, 0.29) is 0 Å². The largest absolute Gasteiger partial charge is 0.247 e. The van der Waals surface area contributed by atoms with Crippen LogP contribution in [0.5, 0.6) is 0 Å². The normalized spacial score (nSPS) is 13.0. The van der Waals surface area contributed by atoms with Crippen molar-refractivity contribution in [3.8, 4) is 0 Å². The summed E-state index contributed by atoms with van der Waals surface area (Å²) >= 11 is 0. The highest BCUT2D eigenvalue weighted by atomic mass is 19.1. The van der Waals surface area contributed by atoms with E-state index in [2.05, 4.69) is 29.3 Å². The Hall–Kier alpha value is -3.07. The Morgan fingerprint density at radius 3 is 2.21 bits per heavy atom. The average molecular weight is 387 g/mol. The molecular weight excluding hydrogens is 359 g/mol. The maximum absolute atomic E-state index is 13.7. The van der Waals surface area contributed by atoms with Crippen molar-refractivity contribution < 1.29 is 4.39 Å². The molecule has 3 aromatic rings. The second-order valence-electron chi connectivity index (χ2n) is 7.02. The summed E-state index contributed by atoms with van der Waals surface area (Å²) in [6, 6.07) is 26.2. The van der Waals surface area contributed by atoms with Crippen LogP contribution in [0.25, 0.3) is 0 Å². The van der Waals surface area contributed by atoms with Crippen molar-refractivity contribution in [2.45, 2.75) is 39.3 Å². The van der Waals surface area contributed by atoms with Crippen LogP contribution in [-0.2, 0) is 12.8 Å². The quantitative estimate of drug-likeness (QED) is 0.316. The van der Waals surface area contributed by atoms with E-state index in [1.54, 1.807) is 0 Å². The van der Waals surface area contributed by atoms with Gasteiger partial charge in [-0.2, -0.15) is 5.10 Å². The average Bonchev–Trinajstić information content (AvgIpc) is 2.78. The van der Waals surface area contributed by atoms with E-state index < -0.39 is 6.17 Å². The zero-order valence-electron chi connectivity index (χ0n) is 17.1. The molecule has 148 valence electrons. The highest BCUT2D eigenvalue weighted by Crippen LogP contribution is 2.15. The SMILES string of the molecule is CCc1ccccc1C=NN=C(c1ccccc1)c1ccc(CC(F)CC)cc1. The van der Waals surface area contributed by atoms with Crippen molar-refractivity contribution in [2.24, 2.45) is 10.2 Å². The molecule has 3 heteroatoms. The van der Waals surface area contributed by atoms with E-state index in [0.29, 0.717) is 12.8 Å². The summed E-state index contributed by atoms with van der Waals surface area (Å²) in [5.41, 5.74) is 6.08. The number of hydrogen-bond donors (Lipinski definition) is 0. The van der Waals surface area contributed by atoms with Crippen molar-refractivity contribution >= 4 is 11.9 Å². The Kier molecular flexibility index (Phi) is 7.46. The fraction of sp³-hybridized carbons (Fsp3) is 0.231. The molecule has 0 fully saturated rings. The number of benzene rings is 3. The third kappa shape index (κ3) is 5.71. The van der Waals surface area contributed by atoms with Crippen LogP contribution < -0.4 is 0 Å². The van der Waals surface area contributed by atoms with Gasteiger partial charge in [0.25, 0.3) is 0 Å². The molecule has 0 bridgehead atoms. The van der Waals surface area contributed by atoms with Crippen molar-refractivity contribution in [1.82, 2.24) is 0 Å². The van der Waals surface area contributed by atoms with Gasteiger partial charge in [0.15, 0.2) is 0 Å². The summed E-state index contributed by atoms with van der Waals surface area (Å²) < 4.78 is 13.7. The summed E-state index contributed by atoms with van der Waals surface area (Å²) in [5.74, 6) is 0. The third-order valence-corrected chi connectivity index (χ3v) is 4.97. The van der Waals surface area contributed by atoms with Crippen LogP contribution in [0.3, 0.4) is 0 Å². The van der Waals surface area contributed by atoms with Gasteiger partial charge in [0.2, 0.25) is 0 Å². The third-order valence-electron chi connectivity index (χ3n) is 4.97. The molecule has 29 heavy (non-hydrogen) atoms. The Morgan fingerprint density at radius 1 is 0.862 bits per heavy atom. The van der Waals surface area contributed by atoms with Gasteiger partial charge in [-0.3, -0.25) is 0 Å². The minimum absolute atomic E-state index is 0.445. The maximum Gasteiger partial charge on any atom is 0.104 e. The van der Waals surface area contributed by atoms with Crippen LogP contribution >= 0.6 is 0 Å². The van der Waals surface area contributed by atoms with Gasteiger partial charge in [-0.1, -0.05) is 92.7 Å². The monoisotopic (exact) mass is 386 g/mol. The fourth-order valence-electron chi connectivity index (χ4n) is 3.21. The molecule has 0 saturated carbocycles. The van der Waals surface area contributed by atoms with Gasteiger partial charge in [0, 0.05) is 17.5 Å². The summed E-state index contributed by atoms with van der Waals surface area (Å²) in [7, 11) is 0. The van der Waals surface area contributed by atoms with Crippen molar-refractivity contribution in [3.05, 3.63) is 107 Å². The van der Waals surface area contributed by atoms with Crippen LogP contribution in [0.1, 0.15) is 48.1 Å². The predicted octanol–water partition coefficient (Wildman–Crippen LogP) is 6.41. The predicted molar refractivity (Wildman–Crippen MR) is 121 cm³/mol. The van der Waals surface area contributed by atoms with Crippen LogP contribution in [0.15, 0.2) is 89.1 Å². The highest BCUT2D eigenvalue weighted by molar-refractivity contribution is 6.13. The van der Waals surface area contributed by atoms with Gasteiger partial charge in [0.1, 0.15) is 11.9 Å². The van der Waals surface area contributed by atoms with E-state index in [0.717, 1.165) is 34.4 Å². The molecule has 0 amide bonds. The van der Waals surface area contributed by atoms with E-state index in [1.807, 2.05) is 79.9 Å². The zero-order chi connectivity index (χ0) is 20.5. The maximum atomic E-state index is 13.7. The van der Waals surface area contributed by atoms with Crippen LogP contribution in [-0.4, -0.2) is 18.1 Å². The van der Waals surface area contributed by atoms with Gasteiger partial charge in [0.05, 0.1) is 6.21 Å². The van der Waals surface area contributed by atoms with Crippen LogP contribution in [0, 0.1) is 0 Å². The summed E-state index contributed by atoms with van der Waals surface area (Å²) in [6.07, 6.45) is 2.94. The molecule has 0 saturated heterocycles. The Labute approximate surface area is 172 Å². The van der Waals surface area contributed by atoms with Crippen LogP contribution in [0.4, 0.5) is 4.39 Å². The first-order valence-electron chi connectivity index (χ1n) is 10.2. The second-order valence-corrected chi connectivity index (χ2v) is 7.02. The molecular formula is C26H27FN2. The lowest BCUT2D eigenvalue weighted by atomic mass is 9.99. The van der Waals surface area contributed by atoms with Crippen LogP contribution in [0.2, 0.25) is 0 Å². The molecule has 0 aliphatic rings. The van der Waals surface area contributed by atoms with E-state index in [4.69, 9.17) is 0 Å². The number of nitrogens with zero attached hydrogens (tertiary/aromatic N) is 2. The lowest BCUT2D eigenvalue weighted by molar-refractivity contribution is 0.323. The molecule has 0 N–H and O–H groups in total. The molecule has 0 heterocycles. The smallest absolute Gasteiger partial charge is 0.104 e. The molecule has 1 unspecified atom stereocenters. The van der Waals surface area contributed by atoms with Crippen molar-refractivity contribution in [1.29, 1.82) is 0 Å². The lowest BCUT2D eigenvalue weighted by Crippen LogP contribution is -2.05. The number of aryl methyl sites for hydroxylation is 1. The first-order valence-corrected chi connectivity index (χ1v) is 10.2. The van der Waals surface area contributed by atoms with E-state index in [9.17, 15) is 4.39 Å². The topological polar surface area (TPSA) is 24.7 Å². The number of rotatable bonds is 8. The zero-order valence-corrected chi connectivity index (χ0v) is 17.1. The summed E-state index contributed by atoms with van der Waals surface area (Å²) in [5, 5.41) is 8.94. The number of hydrogen-bond acceptors (Lipinski definition) is 2. The molecule has 0 spiro atoms. The molecule has 2 nitrogen and oxygen atoms in total. The van der Waals surface area contributed by atoms with Crippen molar-refractivity contribution in [2.75, 3.05) is 0 Å². The first kappa shape index (κ1) is 20.7. The van der Waals surface area contributed by atoms with Gasteiger partial charge in [-0.15, -0.1) is 5.10 Å². The summed E-state index contributed by atoms with van der Waals surface area (Å²) in [4.78, 5) is 0. The van der Waals surface area contributed by atoms with E-state index in [1.165, 1.54) is 5.56 Å². The molecule has 0 aromatic heterocycles. The minimum atomic E-state index is -0.800. The first-order chi connectivity index (χ1) is 14.2. The molecule has 0 aliphatic heterocycles. The van der Waals surface area contributed by atoms with Gasteiger partial charge in [-0.25, -0.2) is 4.39 Å². The standard InChI is InChI=1S/C26H27FN2/c1-3-21-10-8-9-13-24(21)19-28-29-26(22-11-6-5-7-12-22)23-16-14-20(15-17-23)18-25(27)4-2/h5-17,19,25H,3-4,18H2,1-2H3. The van der Waals surface area contributed by atoms with Gasteiger partial charge >= 0.3 is 0 Å². The van der Waals surface area contributed by atoms with Gasteiger partial charge < -0.3 is 0 Å². The molecule has 3 rings (SSSR count). The minimum Gasteiger partial charge on any atom is -0.247 e. The van der Waals surface area contributed by atoms with Gasteiger partial charge in [-0.05, 0) is 29.5 Å². The number of halogens is 1. The molecule has 1 atom stereocenters. The Bertz CT molecular complexity index is 960.